The van der Waals surface area contributed by atoms with Gasteiger partial charge in [0.15, 0.2) is 5.11 Å². The van der Waals surface area contributed by atoms with E-state index in [0.29, 0.717) is 25.9 Å². The van der Waals surface area contributed by atoms with Crippen molar-refractivity contribution in [2.24, 2.45) is 0 Å². The lowest BCUT2D eigenvalue weighted by molar-refractivity contribution is 1.09. The highest BCUT2D eigenvalue weighted by Gasteiger charge is 2.11. The van der Waals surface area contributed by atoms with Crippen LogP contribution in [0.3, 0.4) is 0 Å². The van der Waals surface area contributed by atoms with E-state index in [9.17, 15) is 0 Å². The molecule has 0 aliphatic heterocycles. The standard InChI is InChI=1S/C17H17Cl3N2S/c1-3-10-6-5-7-11(4-2)16(10)22-17(23)21-15-9-13(19)12(18)8-14(15)20/h5-9H,3-4H2,1-2H3,(H2,21,22,23). The molecule has 122 valence electrons. The molecule has 2 N–H and O–H groups in total. The maximum Gasteiger partial charge on any atom is 0.175 e. The van der Waals surface area contributed by atoms with Crippen LogP contribution < -0.4 is 10.6 Å². The average Bonchev–Trinajstić information content (AvgIpc) is 2.52. The molecular weight excluding hydrogens is 371 g/mol. The zero-order chi connectivity index (χ0) is 17.0. The van der Waals surface area contributed by atoms with E-state index >= 15 is 0 Å². The third-order valence-corrected chi connectivity index (χ3v) is 4.73. The van der Waals surface area contributed by atoms with E-state index in [2.05, 4.69) is 42.7 Å². The maximum atomic E-state index is 6.17. The molecule has 0 unspecified atom stereocenters. The SMILES string of the molecule is CCc1cccc(CC)c1NC(=S)Nc1cc(Cl)c(Cl)cc1Cl. The molecule has 0 aromatic heterocycles. The molecule has 0 aliphatic carbocycles. The van der Waals surface area contributed by atoms with Crippen molar-refractivity contribution in [3.63, 3.8) is 0 Å². The van der Waals surface area contributed by atoms with Gasteiger partial charge in [-0.1, -0.05) is 66.8 Å². The van der Waals surface area contributed by atoms with Gasteiger partial charge in [0.1, 0.15) is 0 Å². The Kier molecular flexibility index (Phi) is 6.54. The van der Waals surface area contributed by atoms with Crippen molar-refractivity contribution in [1.29, 1.82) is 0 Å². The molecule has 0 bridgehead atoms. The Balaban J connectivity index is 2.22. The summed E-state index contributed by atoms with van der Waals surface area (Å²) in [5, 5.41) is 8.10. The summed E-state index contributed by atoms with van der Waals surface area (Å²) >= 11 is 23.6. The highest BCUT2D eigenvalue weighted by atomic mass is 35.5. The number of benzene rings is 2. The van der Waals surface area contributed by atoms with Crippen molar-refractivity contribution >= 4 is 63.5 Å². The Morgan fingerprint density at radius 1 is 0.913 bits per heavy atom. The van der Waals surface area contributed by atoms with E-state index in [1.165, 1.54) is 11.1 Å². The first-order valence-corrected chi connectivity index (χ1v) is 8.83. The zero-order valence-electron chi connectivity index (χ0n) is 12.8. The molecule has 2 aromatic carbocycles. The van der Waals surface area contributed by atoms with Crippen LogP contribution in [0.1, 0.15) is 25.0 Å². The van der Waals surface area contributed by atoms with Crippen molar-refractivity contribution in [1.82, 2.24) is 0 Å². The van der Waals surface area contributed by atoms with Gasteiger partial charge in [0.25, 0.3) is 0 Å². The summed E-state index contributed by atoms with van der Waals surface area (Å²) < 4.78 is 0. The third-order valence-electron chi connectivity index (χ3n) is 3.50. The number of thiocarbonyl (C=S) groups is 1. The fourth-order valence-electron chi connectivity index (χ4n) is 2.29. The Hall–Kier alpha value is -1.000. The first-order chi connectivity index (χ1) is 11.0. The summed E-state index contributed by atoms with van der Waals surface area (Å²) in [4.78, 5) is 0. The van der Waals surface area contributed by atoms with Crippen molar-refractivity contribution in [3.05, 3.63) is 56.5 Å². The normalized spacial score (nSPS) is 10.5. The van der Waals surface area contributed by atoms with E-state index in [4.69, 9.17) is 47.0 Å². The third kappa shape index (κ3) is 4.51. The number of rotatable bonds is 4. The molecule has 2 nitrogen and oxygen atoms in total. The van der Waals surface area contributed by atoms with Gasteiger partial charge in [0.2, 0.25) is 0 Å². The minimum absolute atomic E-state index is 0.408. The second-order valence-electron chi connectivity index (χ2n) is 4.98. The van der Waals surface area contributed by atoms with Crippen LogP contribution in [0, 0.1) is 0 Å². The lowest BCUT2D eigenvalue weighted by atomic mass is 10.0. The molecular formula is C17H17Cl3N2S. The Morgan fingerprint density at radius 3 is 2.04 bits per heavy atom. The molecule has 2 rings (SSSR count). The lowest BCUT2D eigenvalue weighted by Gasteiger charge is -2.17. The second kappa shape index (κ2) is 8.20. The van der Waals surface area contributed by atoms with Crippen LogP contribution in [0.25, 0.3) is 0 Å². The smallest absolute Gasteiger partial charge is 0.175 e. The summed E-state index contributed by atoms with van der Waals surface area (Å²) in [7, 11) is 0. The van der Waals surface area contributed by atoms with Gasteiger partial charge in [0, 0.05) is 5.69 Å². The molecule has 23 heavy (non-hydrogen) atoms. The monoisotopic (exact) mass is 386 g/mol. The molecule has 2 aromatic rings. The number of halogens is 3. The van der Waals surface area contributed by atoms with E-state index < -0.39 is 0 Å². The zero-order valence-corrected chi connectivity index (χ0v) is 15.9. The molecule has 0 fully saturated rings. The largest absolute Gasteiger partial charge is 0.332 e. The summed E-state index contributed by atoms with van der Waals surface area (Å²) in [6.07, 6.45) is 1.85. The fourth-order valence-corrected chi connectivity index (χ4v) is 3.09. The Bertz CT molecular complexity index is 710. The van der Waals surface area contributed by atoms with Crippen LogP contribution in [-0.4, -0.2) is 5.11 Å². The number of hydrogen-bond donors (Lipinski definition) is 2. The van der Waals surface area contributed by atoms with Crippen LogP contribution in [0.15, 0.2) is 30.3 Å². The molecule has 0 radical (unpaired) electrons. The number of para-hydroxylation sites is 1. The van der Waals surface area contributed by atoms with E-state index in [-0.39, 0.29) is 0 Å². The van der Waals surface area contributed by atoms with Crippen molar-refractivity contribution in [2.45, 2.75) is 26.7 Å². The predicted octanol–water partition coefficient (Wildman–Crippen LogP) is 6.58. The minimum atomic E-state index is 0.408. The lowest BCUT2D eigenvalue weighted by Crippen LogP contribution is -2.21. The van der Waals surface area contributed by atoms with Crippen LogP contribution in [0.2, 0.25) is 15.1 Å². The van der Waals surface area contributed by atoms with Gasteiger partial charge in [-0.3, -0.25) is 0 Å². The summed E-state index contributed by atoms with van der Waals surface area (Å²) in [5.74, 6) is 0. The predicted molar refractivity (Wildman–Crippen MR) is 107 cm³/mol. The highest BCUT2D eigenvalue weighted by molar-refractivity contribution is 7.80. The van der Waals surface area contributed by atoms with Gasteiger partial charge in [-0.25, -0.2) is 0 Å². The summed E-state index contributed by atoms with van der Waals surface area (Å²) in [6.45, 7) is 4.23. The minimum Gasteiger partial charge on any atom is -0.332 e. The van der Waals surface area contributed by atoms with Gasteiger partial charge < -0.3 is 10.6 Å². The highest BCUT2D eigenvalue weighted by Crippen LogP contribution is 2.32. The number of anilines is 2. The second-order valence-corrected chi connectivity index (χ2v) is 6.61. The topological polar surface area (TPSA) is 24.1 Å². The van der Waals surface area contributed by atoms with Gasteiger partial charge in [-0.2, -0.15) is 0 Å². The molecule has 0 spiro atoms. The van der Waals surface area contributed by atoms with Gasteiger partial charge in [0.05, 0.1) is 20.8 Å². The van der Waals surface area contributed by atoms with Crippen molar-refractivity contribution in [2.75, 3.05) is 10.6 Å². The van der Waals surface area contributed by atoms with Crippen LogP contribution in [-0.2, 0) is 12.8 Å². The fraction of sp³-hybridized carbons (Fsp3) is 0.235. The molecule has 0 atom stereocenters. The van der Waals surface area contributed by atoms with Gasteiger partial charge in [-0.15, -0.1) is 0 Å². The Morgan fingerprint density at radius 2 is 1.48 bits per heavy atom. The molecule has 0 heterocycles. The number of aryl methyl sites for hydroxylation is 2. The number of nitrogens with one attached hydrogen (secondary N) is 2. The van der Waals surface area contributed by atoms with E-state index in [1.807, 2.05) is 0 Å². The maximum absolute atomic E-state index is 6.17. The first kappa shape index (κ1) is 18.3. The summed E-state index contributed by atoms with van der Waals surface area (Å²) in [6, 6.07) is 9.50. The average molecular weight is 388 g/mol. The van der Waals surface area contributed by atoms with Crippen molar-refractivity contribution < 1.29 is 0 Å². The number of hydrogen-bond acceptors (Lipinski definition) is 1. The van der Waals surface area contributed by atoms with Crippen molar-refractivity contribution in [3.8, 4) is 0 Å². The van der Waals surface area contributed by atoms with E-state index in [0.717, 1.165) is 18.5 Å². The van der Waals surface area contributed by atoms with Gasteiger partial charge in [-0.05, 0) is 48.3 Å². The molecule has 0 saturated heterocycles. The van der Waals surface area contributed by atoms with Gasteiger partial charge >= 0.3 is 0 Å². The molecule has 0 saturated carbocycles. The Labute approximate surface area is 157 Å². The van der Waals surface area contributed by atoms with E-state index in [1.54, 1.807) is 12.1 Å². The quantitative estimate of drug-likeness (QED) is 0.457. The van der Waals surface area contributed by atoms with Crippen LogP contribution in [0.4, 0.5) is 11.4 Å². The molecule has 0 amide bonds. The first-order valence-electron chi connectivity index (χ1n) is 7.29. The molecule has 0 aliphatic rings. The van der Waals surface area contributed by atoms with Crippen LogP contribution >= 0.6 is 47.0 Å². The summed E-state index contributed by atoms with van der Waals surface area (Å²) in [5.41, 5.74) is 4.10. The molecule has 6 heteroatoms. The van der Waals surface area contributed by atoms with Crippen LogP contribution in [0.5, 0.6) is 0 Å².